The predicted molar refractivity (Wildman–Crippen MR) is 49.8 cm³/mol. The Hall–Kier alpha value is -1.69. The summed E-state index contributed by atoms with van der Waals surface area (Å²) < 4.78 is 0. The Morgan fingerprint density at radius 3 is 2.46 bits per heavy atom. The Bertz CT molecular complexity index is 338. The third kappa shape index (κ3) is 1.91. The topological polar surface area (TPSA) is 117 Å². The van der Waals surface area contributed by atoms with Gasteiger partial charge in [0, 0.05) is 11.1 Å². The minimum Gasteiger partial charge on any atom is -0.383 e. The van der Waals surface area contributed by atoms with Crippen molar-refractivity contribution in [2.75, 3.05) is 5.73 Å². The summed E-state index contributed by atoms with van der Waals surface area (Å²) in [5.74, 6) is 0.345. The van der Waals surface area contributed by atoms with Crippen LogP contribution < -0.4 is 11.9 Å². The first-order valence-corrected chi connectivity index (χ1v) is 3.40. The first-order valence-electron chi connectivity index (χ1n) is 3.40. The minimum absolute atomic E-state index is 0. The van der Waals surface area contributed by atoms with Gasteiger partial charge in [0.25, 0.3) is 5.69 Å². The van der Waals surface area contributed by atoms with Gasteiger partial charge in [0.2, 0.25) is 0 Å². The van der Waals surface area contributed by atoms with Gasteiger partial charge in [-0.3, -0.25) is 10.1 Å². The molecule has 6 nitrogen and oxygen atoms in total. The summed E-state index contributed by atoms with van der Waals surface area (Å²) in [5, 5.41) is 10.4. The molecule has 1 rings (SSSR count). The lowest BCUT2D eigenvalue weighted by molar-refractivity contribution is -0.385. The van der Waals surface area contributed by atoms with E-state index < -0.39 is 4.92 Å². The van der Waals surface area contributed by atoms with Gasteiger partial charge in [-0.25, -0.2) is 4.98 Å². The van der Waals surface area contributed by atoms with Crippen molar-refractivity contribution in [1.29, 1.82) is 0 Å². The summed E-state index contributed by atoms with van der Waals surface area (Å²) in [7, 11) is 0. The third-order valence-corrected chi connectivity index (χ3v) is 1.85. The van der Waals surface area contributed by atoms with Crippen LogP contribution in [-0.2, 0) is 0 Å². The molecular formula is C7H12N4O2. The molecule has 0 radical (unpaired) electrons. The smallest absolute Gasteiger partial charge is 0.290 e. The van der Waals surface area contributed by atoms with E-state index in [0.717, 1.165) is 0 Å². The number of hydrogen-bond acceptors (Lipinski definition) is 5. The van der Waals surface area contributed by atoms with Crippen LogP contribution >= 0.6 is 0 Å². The first kappa shape index (κ1) is 11.3. The summed E-state index contributed by atoms with van der Waals surface area (Å²) in [5.41, 5.74) is 6.72. The Morgan fingerprint density at radius 1 is 1.46 bits per heavy atom. The summed E-state index contributed by atoms with van der Waals surface area (Å²) in [6.07, 6.45) is 1.18. The maximum atomic E-state index is 10.4. The first-order chi connectivity index (χ1) is 5.54. The van der Waals surface area contributed by atoms with Crippen molar-refractivity contribution in [3.63, 3.8) is 0 Å². The van der Waals surface area contributed by atoms with Gasteiger partial charge in [0.05, 0.1) is 4.92 Å². The Morgan fingerprint density at radius 2 is 2.00 bits per heavy atom. The molecule has 0 spiro atoms. The van der Waals surface area contributed by atoms with Crippen molar-refractivity contribution < 1.29 is 4.92 Å². The van der Waals surface area contributed by atoms with Crippen molar-refractivity contribution in [2.45, 2.75) is 13.8 Å². The minimum atomic E-state index is -0.464. The summed E-state index contributed by atoms with van der Waals surface area (Å²) in [4.78, 5) is 13.6. The van der Waals surface area contributed by atoms with Gasteiger partial charge in [-0.15, -0.1) is 0 Å². The highest BCUT2D eigenvalue weighted by Gasteiger charge is 2.13. The zero-order valence-corrected chi connectivity index (χ0v) is 7.57. The SMILES string of the molecule is Cc1c([N+](=O)[O-])cnc(N)c1C.N. The van der Waals surface area contributed by atoms with Gasteiger partial charge >= 0.3 is 0 Å². The quantitative estimate of drug-likeness (QED) is 0.504. The van der Waals surface area contributed by atoms with Crippen LogP contribution in [0.4, 0.5) is 11.5 Å². The fourth-order valence-electron chi connectivity index (χ4n) is 0.893. The van der Waals surface area contributed by atoms with Crippen LogP contribution in [-0.4, -0.2) is 9.91 Å². The number of nitrogens with zero attached hydrogens (tertiary/aromatic N) is 2. The number of pyridine rings is 1. The number of nitrogens with two attached hydrogens (primary N) is 1. The summed E-state index contributed by atoms with van der Waals surface area (Å²) in [6, 6.07) is 0. The number of nitro groups is 1. The van der Waals surface area contributed by atoms with E-state index in [1.807, 2.05) is 0 Å². The number of rotatable bonds is 1. The highest BCUT2D eigenvalue weighted by Crippen LogP contribution is 2.22. The Balaban J connectivity index is 0.00000144. The molecule has 0 saturated carbocycles. The van der Waals surface area contributed by atoms with E-state index in [-0.39, 0.29) is 11.8 Å². The van der Waals surface area contributed by atoms with Crippen molar-refractivity contribution in [2.24, 2.45) is 0 Å². The molecule has 0 aromatic carbocycles. The molecule has 0 aliphatic rings. The maximum absolute atomic E-state index is 10.4. The van der Waals surface area contributed by atoms with Crippen LogP contribution in [0.25, 0.3) is 0 Å². The molecule has 1 aromatic rings. The molecular weight excluding hydrogens is 172 g/mol. The van der Waals surface area contributed by atoms with E-state index in [2.05, 4.69) is 4.98 Å². The average Bonchev–Trinajstić information content (AvgIpc) is 2.00. The second-order valence-electron chi connectivity index (χ2n) is 2.54. The van der Waals surface area contributed by atoms with Crippen LogP contribution in [0.2, 0.25) is 0 Å². The number of aromatic nitrogens is 1. The van der Waals surface area contributed by atoms with Crippen molar-refractivity contribution >= 4 is 11.5 Å². The molecule has 0 bridgehead atoms. The molecule has 0 amide bonds. The van der Waals surface area contributed by atoms with E-state index >= 15 is 0 Å². The molecule has 0 unspecified atom stereocenters. The molecule has 0 aliphatic carbocycles. The van der Waals surface area contributed by atoms with Crippen LogP contribution in [0, 0.1) is 24.0 Å². The van der Waals surface area contributed by atoms with Gasteiger partial charge in [0.1, 0.15) is 12.0 Å². The Labute approximate surface area is 75.5 Å². The second-order valence-corrected chi connectivity index (χ2v) is 2.54. The molecule has 0 atom stereocenters. The maximum Gasteiger partial charge on any atom is 0.290 e. The highest BCUT2D eigenvalue weighted by molar-refractivity contribution is 5.51. The molecule has 72 valence electrons. The normalized spacial score (nSPS) is 9.08. The van der Waals surface area contributed by atoms with Gasteiger partial charge in [-0.1, -0.05) is 0 Å². The predicted octanol–water partition coefficient (Wildman–Crippen LogP) is 1.35. The standard InChI is InChI=1S/C7H9N3O2.H3N/c1-4-5(2)7(8)9-3-6(4)10(11)12;/h3H,1-2H3,(H2,8,9);1H3. The highest BCUT2D eigenvalue weighted by atomic mass is 16.6. The van der Waals surface area contributed by atoms with Gasteiger partial charge in [-0.05, 0) is 13.8 Å². The van der Waals surface area contributed by atoms with Crippen LogP contribution in [0.5, 0.6) is 0 Å². The monoisotopic (exact) mass is 184 g/mol. The van der Waals surface area contributed by atoms with E-state index in [1.165, 1.54) is 6.20 Å². The second kappa shape index (κ2) is 3.81. The van der Waals surface area contributed by atoms with E-state index in [0.29, 0.717) is 16.9 Å². The van der Waals surface area contributed by atoms with Crippen molar-refractivity contribution in [1.82, 2.24) is 11.1 Å². The van der Waals surface area contributed by atoms with Crippen LogP contribution in [0.15, 0.2) is 6.20 Å². The van der Waals surface area contributed by atoms with Gasteiger partial charge in [0.15, 0.2) is 0 Å². The molecule has 13 heavy (non-hydrogen) atoms. The lowest BCUT2D eigenvalue weighted by atomic mass is 10.1. The summed E-state index contributed by atoms with van der Waals surface area (Å²) in [6.45, 7) is 3.37. The van der Waals surface area contributed by atoms with E-state index in [4.69, 9.17) is 5.73 Å². The number of anilines is 1. The zero-order chi connectivity index (χ0) is 9.30. The number of nitrogen functional groups attached to an aromatic ring is 1. The van der Waals surface area contributed by atoms with E-state index in [1.54, 1.807) is 13.8 Å². The molecule has 0 fully saturated rings. The molecule has 5 N–H and O–H groups in total. The molecule has 0 saturated heterocycles. The van der Waals surface area contributed by atoms with Gasteiger partial charge < -0.3 is 11.9 Å². The fourth-order valence-corrected chi connectivity index (χ4v) is 0.893. The number of hydrogen-bond donors (Lipinski definition) is 2. The summed E-state index contributed by atoms with van der Waals surface area (Å²) >= 11 is 0. The largest absolute Gasteiger partial charge is 0.383 e. The lowest BCUT2D eigenvalue weighted by Gasteiger charge is -2.02. The Kier molecular flexibility index (Phi) is 3.32. The van der Waals surface area contributed by atoms with Crippen LogP contribution in [0.3, 0.4) is 0 Å². The van der Waals surface area contributed by atoms with Crippen molar-refractivity contribution in [3.05, 3.63) is 27.4 Å². The zero-order valence-electron chi connectivity index (χ0n) is 7.57. The molecule has 6 heteroatoms. The third-order valence-electron chi connectivity index (χ3n) is 1.85. The van der Waals surface area contributed by atoms with Crippen molar-refractivity contribution in [3.8, 4) is 0 Å². The van der Waals surface area contributed by atoms with Gasteiger partial charge in [-0.2, -0.15) is 0 Å². The molecule has 1 aromatic heterocycles. The lowest BCUT2D eigenvalue weighted by Crippen LogP contribution is -2.00. The molecule has 1 heterocycles. The average molecular weight is 184 g/mol. The van der Waals surface area contributed by atoms with Crippen LogP contribution in [0.1, 0.15) is 11.1 Å². The fraction of sp³-hybridized carbons (Fsp3) is 0.286. The molecule has 0 aliphatic heterocycles. The van der Waals surface area contributed by atoms with E-state index in [9.17, 15) is 10.1 Å².